The molecule has 1 aliphatic heterocycles. The van der Waals surface area contributed by atoms with E-state index >= 15 is 0 Å². The van der Waals surface area contributed by atoms with E-state index in [-0.39, 0.29) is 12.4 Å². The molecule has 0 atom stereocenters. The lowest BCUT2D eigenvalue weighted by Gasteiger charge is -2.38. The Hall–Kier alpha value is -2.68. The Morgan fingerprint density at radius 2 is 1.92 bits per heavy atom. The van der Waals surface area contributed by atoms with E-state index in [4.69, 9.17) is 0 Å². The van der Waals surface area contributed by atoms with E-state index in [1.807, 2.05) is 0 Å². The number of fused-ring (bicyclic) bond motifs is 1. The zero-order valence-electron chi connectivity index (χ0n) is 13.3. The van der Waals surface area contributed by atoms with Crippen molar-refractivity contribution in [3.8, 4) is 11.1 Å². The van der Waals surface area contributed by atoms with Crippen LogP contribution in [0, 0.1) is 5.82 Å². The molecule has 2 aromatic heterocycles. The van der Waals surface area contributed by atoms with Gasteiger partial charge in [0.05, 0.1) is 24.8 Å². The summed E-state index contributed by atoms with van der Waals surface area (Å²) in [7, 11) is 0. The molecule has 1 amide bonds. The average Bonchev–Trinajstić information content (AvgIpc) is 3.00. The Labute approximate surface area is 149 Å². The summed E-state index contributed by atoms with van der Waals surface area (Å²) < 4.78 is 40.0. The Morgan fingerprint density at radius 1 is 1.23 bits per heavy atom. The third-order valence-corrected chi connectivity index (χ3v) is 5.10. The molecular weight excluding hydrogens is 367 g/mol. The van der Waals surface area contributed by atoms with Crippen LogP contribution in [0.1, 0.15) is 0 Å². The van der Waals surface area contributed by atoms with Gasteiger partial charge in [-0.2, -0.15) is 0 Å². The van der Waals surface area contributed by atoms with Crippen LogP contribution in [0.4, 0.5) is 13.2 Å². The standard InChI is InChI=1S/C17H12F3N3O2S/c18-11-3-1-10(2-4-11)12-6-26-15-14(12)16(25)22(9-21-15)5-13(24)23-7-17(19,20)8-23/h1-4,6,9H,5,7-8H2. The number of benzene rings is 1. The maximum Gasteiger partial charge on any atom is 0.282 e. The molecular formula is C17H12F3N3O2S. The number of alkyl halides is 2. The molecule has 1 aliphatic rings. The van der Waals surface area contributed by atoms with Gasteiger partial charge in [-0.25, -0.2) is 18.2 Å². The largest absolute Gasteiger partial charge is 0.329 e. The molecule has 0 unspecified atom stereocenters. The van der Waals surface area contributed by atoms with Crippen molar-refractivity contribution in [1.82, 2.24) is 14.5 Å². The van der Waals surface area contributed by atoms with Crippen LogP contribution >= 0.6 is 11.3 Å². The number of thiophene rings is 1. The Balaban J connectivity index is 1.68. The van der Waals surface area contributed by atoms with Crippen molar-refractivity contribution in [1.29, 1.82) is 0 Å². The van der Waals surface area contributed by atoms with Crippen molar-refractivity contribution in [2.45, 2.75) is 12.5 Å². The molecule has 134 valence electrons. The molecule has 0 radical (unpaired) electrons. The summed E-state index contributed by atoms with van der Waals surface area (Å²) in [6.45, 7) is -1.61. The van der Waals surface area contributed by atoms with E-state index in [1.54, 1.807) is 17.5 Å². The summed E-state index contributed by atoms with van der Waals surface area (Å²) in [5.74, 6) is -3.80. The van der Waals surface area contributed by atoms with E-state index in [2.05, 4.69) is 4.98 Å². The predicted octanol–water partition coefficient (Wildman–Crippen LogP) is 2.74. The van der Waals surface area contributed by atoms with Gasteiger partial charge in [0.2, 0.25) is 5.91 Å². The summed E-state index contributed by atoms with van der Waals surface area (Å²) in [6.07, 6.45) is 1.24. The monoisotopic (exact) mass is 379 g/mol. The third kappa shape index (κ3) is 2.88. The van der Waals surface area contributed by atoms with Gasteiger partial charge >= 0.3 is 0 Å². The quantitative estimate of drug-likeness (QED) is 0.703. The van der Waals surface area contributed by atoms with Crippen molar-refractivity contribution in [2.24, 2.45) is 0 Å². The molecule has 3 heterocycles. The summed E-state index contributed by atoms with van der Waals surface area (Å²) in [4.78, 5) is 30.5. The van der Waals surface area contributed by atoms with E-state index in [0.29, 0.717) is 21.3 Å². The van der Waals surface area contributed by atoms with Gasteiger partial charge in [0.1, 0.15) is 17.2 Å². The first-order chi connectivity index (χ1) is 12.3. The molecule has 4 rings (SSSR count). The SMILES string of the molecule is O=C(Cn1cnc2scc(-c3ccc(F)cc3)c2c1=O)N1CC(F)(F)C1. The molecule has 26 heavy (non-hydrogen) atoms. The van der Waals surface area contributed by atoms with Gasteiger partial charge in [-0.1, -0.05) is 12.1 Å². The summed E-state index contributed by atoms with van der Waals surface area (Å²) in [5, 5.41) is 2.07. The van der Waals surface area contributed by atoms with Gasteiger partial charge in [0.25, 0.3) is 11.5 Å². The number of aromatic nitrogens is 2. The maximum absolute atomic E-state index is 13.1. The second-order valence-corrected chi connectivity index (χ2v) is 6.98. The molecule has 5 nitrogen and oxygen atoms in total. The van der Waals surface area contributed by atoms with Crippen LogP contribution in [0.2, 0.25) is 0 Å². The van der Waals surface area contributed by atoms with E-state index < -0.39 is 30.5 Å². The number of nitrogens with zero attached hydrogens (tertiary/aromatic N) is 3. The second-order valence-electron chi connectivity index (χ2n) is 6.12. The minimum Gasteiger partial charge on any atom is -0.329 e. The number of likely N-dealkylation sites (tertiary alicyclic amines) is 1. The molecule has 9 heteroatoms. The van der Waals surface area contributed by atoms with Crippen LogP contribution in [0.5, 0.6) is 0 Å². The van der Waals surface area contributed by atoms with Gasteiger partial charge in [-0.15, -0.1) is 11.3 Å². The normalized spacial score (nSPS) is 15.9. The van der Waals surface area contributed by atoms with E-state index in [1.165, 1.54) is 29.8 Å². The third-order valence-electron chi connectivity index (χ3n) is 4.22. The van der Waals surface area contributed by atoms with Gasteiger partial charge in [-0.05, 0) is 17.7 Å². The summed E-state index contributed by atoms with van der Waals surface area (Å²) in [6, 6.07) is 5.70. The lowest BCUT2D eigenvalue weighted by molar-refractivity contribution is -0.166. The fourth-order valence-corrected chi connectivity index (χ4v) is 3.76. The highest BCUT2D eigenvalue weighted by Crippen LogP contribution is 2.31. The van der Waals surface area contributed by atoms with Gasteiger partial charge in [0.15, 0.2) is 0 Å². The number of hydrogen-bond acceptors (Lipinski definition) is 4. The first-order valence-electron chi connectivity index (χ1n) is 7.72. The zero-order valence-corrected chi connectivity index (χ0v) is 14.1. The number of rotatable bonds is 3. The summed E-state index contributed by atoms with van der Waals surface area (Å²) in [5.41, 5.74) is 0.819. The first-order valence-corrected chi connectivity index (χ1v) is 8.60. The fraction of sp³-hybridized carbons (Fsp3) is 0.235. The van der Waals surface area contributed by atoms with Crippen LogP contribution in [-0.2, 0) is 11.3 Å². The van der Waals surface area contributed by atoms with Crippen molar-refractivity contribution in [3.63, 3.8) is 0 Å². The van der Waals surface area contributed by atoms with Crippen LogP contribution in [-0.4, -0.2) is 39.4 Å². The van der Waals surface area contributed by atoms with Gasteiger partial charge < -0.3 is 4.90 Å². The van der Waals surface area contributed by atoms with Crippen LogP contribution < -0.4 is 5.56 Å². The lowest BCUT2D eigenvalue weighted by atomic mass is 10.1. The van der Waals surface area contributed by atoms with Crippen molar-refractivity contribution in [2.75, 3.05) is 13.1 Å². The molecule has 0 spiro atoms. The number of hydrogen-bond donors (Lipinski definition) is 0. The maximum atomic E-state index is 13.1. The molecule has 3 aromatic rings. The smallest absolute Gasteiger partial charge is 0.282 e. The topological polar surface area (TPSA) is 55.2 Å². The molecule has 0 saturated carbocycles. The van der Waals surface area contributed by atoms with Gasteiger partial charge in [-0.3, -0.25) is 14.2 Å². The highest BCUT2D eigenvalue weighted by molar-refractivity contribution is 7.17. The molecule has 1 aromatic carbocycles. The fourth-order valence-electron chi connectivity index (χ4n) is 2.86. The van der Waals surface area contributed by atoms with Crippen molar-refractivity contribution < 1.29 is 18.0 Å². The Bertz CT molecular complexity index is 1050. The molecule has 0 aliphatic carbocycles. The predicted molar refractivity (Wildman–Crippen MR) is 90.8 cm³/mol. The van der Waals surface area contributed by atoms with E-state index in [0.717, 1.165) is 9.47 Å². The molecule has 1 fully saturated rings. The summed E-state index contributed by atoms with van der Waals surface area (Å²) >= 11 is 1.26. The number of carbonyl (C=O) groups is 1. The van der Waals surface area contributed by atoms with Crippen LogP contribution in [0.3, 0.4) is 0 Å². The van der Waals surface area contributed by atoms with Gasteiger partial charge in [0, 0.05) is 10.9 Å². The number of amides is 1. The van der Waals surface area contributed by atoms with Crippen molar-refractivity contribution >= 4 is 27.5 Å². The average molecular weight is 379 g/mol. The first kappa shape index (κ1) is 16.8. The lowest BCUT2D eigenvalue weighted by Crippen LogP contribution is -2.59. The highest BCUT2D eigenvalue weighted by atomic mass is 32.1. The second kappa shape index (κ2) is 5.94. The minimum absolute atomic E-state index is 0.325. The highest BCUT2D eigenvalue weighted by Gasteiger charge is 2.46. The number of carbonyl (C=O) groups excluding carboxylic acids is 1. The number of halogens is 3. The van der Waals surface area contributed by atoms with Crippen molar-refractivity contribution in [3.05, 3.63) is 52.1 Å². The van der Waals surface area contributed by atoms with Crippen LogP contribution in [0.25, 0.3) is 21.3 Å². The van der Waals surface area contributed by atoms with Crippen LogP contribution in [0.15, 0.2) is 40.8 Å². The molecule has 1 saturated heterocycles. The Kier molecular flexibility index (Phi) is 3.83. The van der Waals surface area contributed by atoms with E-state index in [9.17, 15) is 22.8 Å². The minimum atomic E-state index is -2.86. The molecule has 0 N–H and O–H groups in total. The Morgan fingerprint density at radius 3 is 2.58 bits per heavy atom. The molecule has 0 bridgehead atoms. The zero-order chi connectivity index (χ0) is 18.5.